The lowest BCUT2D eigenvalue weighted by atomic mass is 10.0. The lowest BCUT2D eigenvalue weighted by Crippen LogP contribution is -2.04. The van der Waals surface area contributed by atoms with E-state index >= 15 is 0 Å². The van der Waals surface area contributed by atoms with E-state index in [-0.39, 0.29) is 0 Å². The fourth-order valence-electron chi connectivity index (χ4n) is 8.75. The second kappa shape index (κ2) is 11.4. The van der Waals surface area contributed by atoms with Gasteiger partial charge < -0.3 is 8.98 Å². The first kappa shape index (κ1) is 29.8. The SMILES string of the molecule is C1=Cc2nc(-c3ccc(-c4ccc5c(c4)oc4c(-n6c7ccccc7c7c8sc9ccccc9c8ccc76)cccc45)cc3)n(-c3ccccc3)c2CC1. The summed E-state index contributed by atoms with van der Waals surface area (Å²) in [4.78, 5) is 5.12. The van der Waals surface area contributed by atoms with Crippen molar-refractivity contribution in [2.24, 2.45) is 0 Å². The fourth-order valence-corrected chi connectivity index (χ4v) is 10.0. The zero-order chi connectivity index (χ0) is 35.3. The predicted octanol–water partition coefficient (Wildman–Crippen LogP) is 13.5. The Bertz CT molecular complexity index is 3320. The molecule has 0 amide bonds. The van der Waals surface area contributed by atoms with Crippen LogP contribution < -0.4 is 0 Å². The number of nitrogens with zero attached hydrogens (tertiary/aromatic N) is 3. The van der Waals surface area contributed by atoms with Gasteiger partial charge in [-0.25, -0.2) is 4.98 Å². The van der Waals surface area contributed by atoms with E-state index in [1.807, 2.05) is 11.3 Å². The molecule has 0 spiro atoms. The van der Waals surface area contributed by atoms with Gasteiger partial charge in [-0.15, -0.1) is 11.3 Å². The predicted molar refractivity (Wildman–Crippen MR) is 226 cm³/mol. The molecule has 254 valence electrons. The van der Waals surface area contributed by atoms with E-state index in [1.165, 1.54) is 47.7 Å². The molecule has 54 heavy (non-hydrogen) atoms. The van der Waals surface area contributed by atoms with Gasteiger partial charge in [0.05, 0.1) is 28.1 Å². The molecule has 0 saturated carbocycles. The summed E-state index contributed by atoms with van der Waals surface area (Å²) in [5.41, 5.74) is 12.0. The topological polar surface area (TPSA) is 35.9 Å². The summed E-state index contributed by atoms with van der Waals surface area (Å²) in [5, 5.41) is 7.41. The molecule has 0 radical (unpaired) electrons. The number of thiophene rings is 1. The van der Waals surface area contributed by atoms with Crippen molar-refractivity contribution in [2.75, 3.05) is 0 Å². The highest BCUT2D eigenvalue weighted by atomic mass is 32.1. The monoisotopic (exact) mass is 709 g/mol. The smallest absolute Gasteiger partial charge is 0.159 e. The number of benzene rings is 7. The molecule has 0 saturated heterocycles. The van der Waals surface area contributed by atoms with Gasteiger partial charge in [0.2, 0.25) is 0 Å². The quantitative estimate of drug-likeness (QED) is 0.182. The lowest BCUT2D eigenvalue weighted by molar-refractivity contribution is 0.666. The number of fused-ring (bicyclic) bond motifs is 11. The van der Waals surface area contributed by atoms with Gasteiger partial charge in [0.25, 0.3) is 0 Å². The number of furan rings is 1. The van der Waals surface area contributed by atoms with Crippen molar-refractivity contribution >= 4 is 81.3 Å². The van der Waals surface area contributed by atoms with Crippen LogP contribution in [0.25, 0.3) is 104 Å². The van der Waals surface area contributed by atoms with Gasteiger partial charge in [0, 0.05) is 53.0 Å². The molecule has 0 atom stereocenters. The lowest BCUT2D eigenvalue weighted by Gasteiger charge is -2.14. The number of para-hydroxylation sites is 3. The molecule has 1 aliphatic carbocycles. The van der Waals surface area contributed by atoms with Crippen LogP contribution >= 0.6 is 11.3 Å². The first-order valence-corrected chi connectivity index (χ1v) is 19.3. The maximum Gasteiger partial charge on any atom is 0.159 e. The standard InChI is InChI=1S/C49H31N3OS/c1-2-11-33(12-3-1)51-41-18-8-6-16-39(41)50-49(51)31-23-21-30(22-24-31)32-25-26-34-36-15-10-19-43(47(36)53-44(34)29-32)52-40-17-7-4-14-38(40)46-42(52)28-27-37-35-13-5-9-20-45(35)54-48(37)46/h1-7,9-17,19-29H,8,18H2. The van der Waals surface area contributed by atoms with Gasteiger partial charge in [-0.05, 0) is 78.6 Å². The summed E-state index contributed by atoms with van der Waals surface area (Å²) in [7, 11) is 0. The van der Waals surface area contributed by atoms with E-state index in [0.717, 1.165) is 74.4 Å². The number of hydrogen-bond donors (Lipinski definition) is 0. The summed E-state index contributed by atoms with van der Waals surface area (Å²) < 4.78 is 14.2. The Labute approximate surface area is 314 Å². The minimum absolute atomic E-state index is 0.880. The summed E-state index contributed by atoms with van der Waals surface area (Å²) in [5.74, 6) is 0.975. The molecule has 11 aromatic rings. The van der Waals surface area contributed by atoms with Crippen molar-refractivity contribution in [3.05, 3.63) is 169 Å². The Morgan fingerprint density at radius 2 is 1.33 bits per heavy atom. The first-order valence-electron chi connectivity index (χ1n) is 18.5. The van der Waals surface area contributed by atoms with E-state index in [1.54, 1.807) is 0 Å². The molecule has 0 fully saturated rings. The Morgan fingerprint density at radius 1 is 0.574 bits per heavy atom. The number of hydrogen-bond acceptors (Lipinski definition) is 3. The van der Waals surface area contributed by atoms with Gasteiger partial charge in [-0.2, -0.15) is 0 Å². The largest absolute Gasteiger partial charge is 0.454 e. The highest BCUT2D eigenvalue weighted by molar-refractivity contribution is 7.26. The van der Waals surface area contributed by atoms with Gasteiger partial charge in [0.1, 0.15) is 11.4 Å². The average Bonchev–Trinajstić information content (AvgIpc) is 4.00. The normalized spacial score (nSPS) is 13.0. The summed E-state index contributed by atoms with van der Waals surface area (Å²) in [6, 6.07) is 54.6. The highest BCUT2D eigenvalue weighted by Gasteiger charge is 2.22. The third-order valence-corrected chi connectivity index (χ3v) is 12.4. The molecule has 5 heteroatoms. The van der Waals surface area contributed by atoms with Crippen LogP contribution in [0.5, 0.6) is 0 Å². The van der Waals surface area contributed by atoms with Gasteiger partial charge >= 0.3 is 0 Å². The Balaban J connectivity index is 0.983. The van der Waals surface area contributed by atoms with Crippen LogP contribution in [0.15, 0.2) is 162 Å². The fraction of sp³-hybridized carbons (Fsp3) is 0.0408. The maximum absolute atomic E-state index is 6.87. The minimum Gasteiger partial charge on any atom is -0.454 e. The Kier molecular flexibility index (Phi) is 6.30. The maximum atomic E-state index is 6.87. The van der Waals surface area contributed by atoms with Gasteiger partial charge in [-0.1, -0.05) is 109 Å². The number of allylic oxidation sites excluding steroid dienone is 1. The number of rotatable bonds is 4. The average molecular weight is 710 g/mol. The third kappa shape index (κ3) is 4.27. The van der Waals surface area contributed by atoms with Crippen LogP contribution in [-0.2, 0) is 6.42 Å². The van der Waals surface area contributed by atoms with Crippen LogP contribution in [0.4, 0.5) is 0 Å². The van der Waals surface area contributed by atoms with Gasteiger partial charge in [-0.3, -0.25) is 4.57 Å². The highest BCUT2D eigenvalue weighted by Crippen LogP contribution is 2.45. The van der Waals surface area contributed by atoms with Gasteiger partial charge in [0.15, 0.2) is 5.58 Å². The molecule has 7 aromatic carbocycles. The molecule has 0 bridgehead atoms. The summed E-state index contributed by atoms with van der Waals surface area (Å²) in [6.07, 6.45) is 6.40. The summed E-state index contributed by atoms with van der Waals surface area (Å²) >= 11 is 1.88. The third-order valence-electron chi connectivity index (χ3n) is 11.2. The zero-order valence-electron chi connectivity index (χ0n) is 29.2. The van der Waals surface area contributed by atoms with Crippen molar-refractivity contribution < 1.29 is 4.42 Å². The molecular formula is C49H31N3OS. The van der Waals surface area contributed by atoms with Crippen molar-refractivity contribution in [1.29, 1.82) is 0 Å². The molecular weight excluding hydrogens is 679 g/mol. The van der Waals surface area contributed by atoms with Crippen LogP contribution in [0.3, 0.4) is 0 Å². The Hall–Kier alpha value is -6.69. The van der Waals surface area contributed by atoms with E-state index < -0.39 is 0 Å². The molecule has 12 rings (SSSR count). The van der Waals surface area contributed by atoms with Crippen LogP contribution in [-0.4, -0.2) is 14.1 Å². The van der Waals surface area contributed by atoms with Crippen LogP contribution in [0, 0.1) is 0 Å². The number of aromatic nitrogens is 3. The van der Waals surface area contributed by atoms with E-state index in [0.29, 0.717) is 0 Å². The zero-order valence-corrected chi connectivity index (χ0v) is 30.0. The first-order chi connectivity index (χ1) is 26.8. The molecule has 0 unspecified atom stereocenters. The minimum atomic E-state index is 0.880. The van der Waals surface area contributed by atoms with Crippen molar-refractivity contribution in [3.63, 3.8) is 0 Å². The second-order valence-corrected chi connectivity index (χ2v) is 15.3. The van der Waals surface area contributed by atoms with Crippen LogP contribution in [0.2, 0.25) is 0 Å². The second-order valence-electron chi connectivity index (χ2n) is 14.2. The molecule has 4 heterocycles. The van der Waals surface area contributed by atoms with E-state index in [9.17, 15) is 0 Å². The van der Waals surface area contributed by atoms with Crippen molar-refractivity contribution in [2.45, 2.75) is 12.8 Å². The van der Waals surface area contributed by atoms with Crippen molar-refractivity contribution in [3.8, 4) is 33.9 Å². The van der Waals surface area contributed by atoms with Crippen molar-refractivity contribution in [1.82, 2.24) is 14.1 Å². The Morgan fingerprint density at radius 3 is 2.24 bits per heavy atom. The molecule has 4 aromatic heterocycles. The van der Waals surface area contributed by atoms with Crippen LogP contribution in [0.1, 0.15) is 17.8 Å². The molecule has 1 aliphatic rings. The molecule has 4 nitrogen and oxygen atoms in total. The van der Waals surface area contributed by atoms with E-state index in [2.05, 4.69) is 173 Å². The molecule has 0 N–H and O–H groups in total. The summed E-state index contributed by atoms with van der Waals surface area (Å²) in [6.45, 7) is 0. The van der Waals surface area contributed by atoms with E-state index in [4.69, 9.17) is 9.40 Å². The number of imidazole rings is 1. The molecule has 0 aliphatic heterocycles.